The normalized spacial score (nSPS) is 19.0. The summed E-state index contributed by atoms with van der Waals surface area (Å²) >= 11 is 0. The van der Waals surface area contributed by atoms with Gasteiger partial charge in [0.15, 0.2) is 6.29 Å². The smallest absolute Gasteiger partial charge is 0.163 e. The molecular weight excluding hydrogens is 276 g/mol. The van der Waals surface area contributed by atoms with E-state index in [-0.39, 0.29) is 11.7 Å². The number of nitrogens with zero attached hydrogens (tertiary/aromatic N) is 1. The maximum absolute atomic E-state index is 5.84. The van der Waals surface area contributed by atoms with Crippen LogP contribution in [0.1, 0.15) is 19.5 Å². The van der Waals surface area contributed by atoms with Gasteiger partial charge in [0, 0.05) is 34.3 Å². The van der Waals surface area contributed by atoms with E-state index in [2.05, 4.69) is 48.1 Å². The largest absolute Gasteiger partial charge is 0.353 e. The molecule has 0 spiro atoms. The van der Waals surface area contributed by atoms with Crippen LogP contribution in [0.2, 0.25) is 0 Å². The molecule has 22 heavy (non-hydrogen) atoms. The monoisotopic (exact) mass is 296 g/mol. The third-order valence-electron chi connectivity index (χ3n) is 4.19. The number of hydrogen-bond donors (Lipinski definition) is 1. The zero-order valence-electron chi connectivity index (χ0n) is 12.9. The molecule has 1 N–H and O–H groups in total. The Bertz CT molecular complexity index is 812. The van der Waals surface area contributed by atoms with Crippen molar-refractivity contribution in [2.75, 3.05) is 13.2 Å². The molecule has 0 atom stereocenters. The van der Waals surface area contributed by atoms with Crippen molar-refractivity contribution < 1.29 is 9.47 Å². The van der Waals surface area contributed by atoms with Gasteiger partial charge in [0.05, 0.1) is 24.4 Å². The molecule has 114 valence electrons. The molecule has 0 unspecified atom stereocenters. The van der Waals surface area contributed by atoms with E-state index in [0.717, 1.165) is 29.9 Å². The van der Waals surface area contributed by atoms with Crippen molar-refractivity contribution in [3.05, 3.63) is 42.2 Å². The van der Waals surface area contributed by atoms with Crippen LogP contribution in [0, 0.1) is 5.41 Å². The van der Waals surface area contributed by atoms with E-state index in [9.17, 15) is 0 Å². The summed E-state index contributed by atoms with van der Waals surface area (Å²) in [4.78, 5) is 8.02. The second kappa shape index (κ2) is 5.07. The summed E-state index contributed by atoms with van der Waals surface area (Å²) in [5.41, 5.74) is 3.31. The highest BCUT2D eigenvalue weighted by Gasteiger charge is 2.29. The van der Waals surface area contributed by atoms with Gasteiger partial charge in [-0.1, -0.05) is 32.0 Å². The third-order valence-corrected chi connectivity index (χ3v) is 4.19. The highest BCUT2D eigenvalue weighted by molar-refractivity contribution is 6.07. The summed E-state index contributed by atoms with van der Waals surface area (Å²) in [5, 5.41) is 2.43. The van der Waals surface area contributed by atoms with Crippen LogP contribution in [0.3, 0.4) is 0 Å². The molecule has 2 aromatic heterocycles. The standard InChI is InChI=1S/C18H20N2O2/c1-18(2)10-21-16(22-11-18)9-15-17-13(7-8-19-15)12-5-3-4-6-14(12)20-17/h3-8,16,20H,9-11H2,1-2H3. The molecule has 4 rings (SSSR count). The number of benzene rings is 1. The third kappa shape index (κ3) is 2.38. The molecule has 1 aromatic carbocycles. The predicted molar refractivity (Wildman–Crippen MR) is 86.8 cm³/mol. The molecule has 0 bridgehead atoms. The van der Waals surface area contributed by atoms with Crippen LogP contribution < -0.4 is 0 Å². The minimum atomic E-state index is -0.211. The van der Waals surface area contributed by atoms with E-state index < -0.39 is 0 Å². The van der Waals surface area contributed by atoms with Crippen LogP contribution >= 0.6 is 0 Å². The first kappa shape index (κ1) is 13.7. The lowest BCUT2D eigenvalue weighted by atomic mass is 9.95. The number of rotatable bonds is 2. The van der Waals surface area contributed by atoms with Crippen LogP contribution in [0.4, 0.5) is 0 Å². The van der Waals surface area contributed by atoms with Crippen LogP contribution in [0.5, 0.6) is 0 Å². The summed E-state index contributed by atoms with van der Waals surface area (Å²) in [6, 6.07) is 10.4. The minimum Gasteiger partial charge on any atom is -0.353 e. The van der Waals surface area contributed by atoms with E-state index in [4.69, 9.17) is 9.47 Å². The average molecular weight is 296 g/mol. The summed E-state index contributed by atoms with van der Waals surface area (Å²) in [7, 11) is 0. The Morgan fingerprint density at radius 1 is 1.14 bits per heavy atom. The molecule has 0 saturated carbocycles. The molecule has 4 nitrogen and oxygen atoms in total. The van der Waals surface area contributed by atoms with Gasteiger partial charge in [-0.15, -0.1) is 0 Å². The number of H-pyrrole nitrogens is 1. The van der Waals surface area contributed by atoms with E-state index in [1.165, 1.54) is 10.8 Å². The first-order valence-corrected chi connectivity index (χ1v) is 7.70. The lowest BCUT2D eigenvalue weighted by Crippen LogP contribution is -2.38. The Labute approximate surface area is 129 Å². The van der Waals surface area contributed by atoms with E-state index in [1.807, 2.05) is 12.3 Å². The fourth-order valence-corrected chi connectivity index (χ4v) is 2.99. The fraction of sp³-hybridized carbons (Fsp3) is 0.389. The van der Waals surface area contributed by atoms with Gasteiger partial charge >= 0.3 is 0 Å². The van der Waals surface area contributed by atoms with Crippen LogP contribution in [-0.4, -0.2) is 29.5 Å². The number of nitrogens with one attached hydrogen (secondary N) is 1. The molecule has 1 aliphatic rings. The first-order chi connectivity index (χ1) is 10.6. The number of para-hydroxylation sites is 1. The second-order valence-corrected chi connectivity index (χ2v) is 6.77. The zero-order chi connectivity index (χ0) is 15.2. The average Bonchev–Trinajstić information content (AvgIpc) is 2.89. The van der Waals surface area contributed by atoms with Gasteiger partial charge in [0.1, 0.15) is 0 Å². The minimum absolute atomic E-state index is 0.0943. The van der Waals surface area contributed by atoms with Gasteiger partial charge in [0.2, 0.25) is 0 Å². The quantitative estimate of drug-likeness (QED) is 0.785. The Morgan fingerprint density at radius 3 is 2.73 bits per heavy atom. The number of aromatic nitrogens is 2. The first-order valence-electron chi connectivity index (χ1n) is 7.70. The number of aromatic amines is 1. The van der Waals surface area contributed by atoms with Crippen molar-refractivity contribution in [3.8, 4) is 0 Å². The van der Waals surface area contributed by atoms with Crippen molar-refractivity contribution >= 4 is 21.8 Å². The van der Waals surface area contributed by atoms with Crippen molar-refractivity contribution in [3.63, 3.8) is 0 Å². The molecule has 4 heteroatoms. The van der Waals surface area contributed by atoms with Gasteiger partial charge < -0.3 is 14.5 Å². The predicted octanol–water partition coefficient (Wildman–Crippen LogP) is 3.66. The van der Waals surface area contributed by atoms with E-state index in [0.29, 0.717) is 6.42 Å². The second-order valence-electron chi connectivity index (χ2n) is 6.77. The lowest BCUT2D eigenvalue weighted by molar-refractivity contribution is -0.220. The molecule has 3 heterocycles. The van der Waals surface area contributed by atoms with Gasteiger partial charge in [-0.25, -0.2) is 0 Å². The molecule has 0 amide bonds. The van der Waals surface area contributed by atoms with Gasteiger partial charge in [-0.05, 0) is 12.1 Å². The molecule has 0 aliphatic carbocycles. The van der Waals surface area contributed by atoms with E-state index >= 15 is 0 Å². The van der Waals surface area contributed by atoms with Crippen molar-refractivity contribution in [1.29, 1.82) is 0 Å². The topological polar surface area (TPSA) is 47.1 Å². The van der Waals surface area contributed by atoms with Gasteiger partial charge in [0.25, 0.3) is 0 Å². The number of pyridine rings is 1. The summed E-state index contributed by atoms with van der Waals surface area (Å²) < 4.78 is 11.7. The van der Waals surface area contributed by atoms with Crippen molar-refractivity contribution in [2.45, 2.75) is 26.6 Å². The van der Waals surface area contributed by atoms with Crippen LogP contribution in [-0.2, 0) is 15.9 Å². The molecule has 1 fully saturated rings. The maximum atomic E-state index is 5.84. The van der Waals surface area contributed by atoms with Gasteiger partial charge in [-0.2, -0.15) is 0 Å². The van der Waals surface area contributed by atoms with Crippen molar-refractivity contribution in [1.82, 2.24) is 9.97 Å². The fourth-order valence-electron chi connectivity index (χ4n) is 2.99. The summed E-state index contributed by atoms with van der Waals surface area (Å²) in [6.45, 7) is 5.75. The molecule has 1 saturated heterocycles. The molecular formula is C18H20N2O2. The van der Waals surface area contributed by atoms with Crippen molar-refractivity contribution in [2.24, 2.45) is 5.41 Å². The highest BCUT2D eigenvalue weighted by Crippen LogP contribution is 2.29. The molecule has 0 radical (unpaired) electrons. The highest BCUT2D eigenvalue weighted by atomic mass is 16.7. The zero-order valence-corrected chi connectivity index (χ0v) is 12.9. The Balaban J connectivity index is 1.67. The molecule has 1 aliphatic heterocycles. The number of fused-ring (bicyclic) bond motifs is 3. The number of ether oxygens (including phenoxy) is 2. The van der Waals surface area contributed by atoms with Gasteiger partial charge in [-0.3, -0.25) is 4.98 Å². The van der Waals surface area contributed by atoms with Crippen LogP contribution in [0.25, 0.3) is 21.8 Å². The van der Waals surface area contributed by atoms with Crippen LogP contribution in [0.15, 0.2) is 36.5 Å². The summed E-state index contributed by atoms with van der Waals surface area (Å²) in [6.07, 6.45) is 2.32. The van der Waals surface area contributed by atoms with E-state index in [1.54, 1.807) is 0 Å². The lowest BCUT2D eigenvalue weighted by Gasteiger charge is -2.34. The Hall–Kier alpha value is -1.91. The maximum Gasteiger partial charge on any atom is 0.163 e. The Kier molecular flexibility index (Phi) is 3.17. The SMILES string of the molecule is CC1(C)COC(Cc2nccc3c2[nH]c2ccccc23)OC1. The number of hydrogen-bond acceptors (Lipinski definition) is 3. The summed E-state index contributed by atoms with van der Waals surface area (Å²) in [5.74, 6) is 0. The Morgan fingerprint density at radius 2 is 1.91 bits per heavy atom. The molecule has 3 aromatic rings.